The van der Waals surface area contributed by atoms with Crippen LogP contribution in [0.4, 0.5) is 0 Å². The Labute approximate surface area is 128 Å². The van der Waals surface area contributed by atoms with Crippen molar-refractivity contribution in [2.45, 2.75) is 50.9 Å². The zero-order valence-electron chi connectivity index (χ0n) is 13.1. The zero-order chi connectivity index (χ0) is 16.3. The van der Waals surface area contributed by atoms with Crippen LogP contribution in [-0.4, -0.2) is 27.5 Å². The third-order valence-electron chi connectivity index (χ3n) is 4.11. The maximum atomic E-state index is 11.6. The first-order valence-corrected chi connectivity index (χ1v) is 7.27. The first-order valence-electron chi connectivity index (χ1n) is 7.27. The Bertz CT molecular complexity index is 776. The molecule has 118 valence electrons. The van der Waals surface area contributed by atoms with Gasteiger partial charge in [0.25, 0.3) is 0 Å². The molecular weight excluding hydrogens is 284 g/mol. The van der Waals surface area contributed by atoms with Gasteiger partial charge in [-0.1, -0.05) is 0 Å². The predicted octanol–water partition coefficient (Wildman–Crippen LogP) is 2.18. The highest BCUT2D eigenvalue weighted by atomic mass is 16.5. The molecule has 2 aromatic rings. The van der Waals surface area contributed by atoms with Gasteiger partial charge >= 0.3 is 5.63 Å². The summed E-state index contributed by atoms with van der Waals surface area (Å²) >= 11 is 0. The van der Waals surface area contributed by atoms with Gasteiger partial charge in [0.1, 0.15) is 17.4 Å². The Kier molecular flexibility index (Phi) is 3.13. The number of benzene rings is 1. The van der Waals surface area contributed by atoms with E-state index in [1.54, 1.807) is 45.9 Å². The van der Waals surface area contributed by atoms with Crippen molar-refractivity contribution in [2.75, 3.05) is 0 Å². The van der Waals surface area contributed by atoms with Crippen molar-refractivity contribution in [3.05, 3.63) is 40.2 Å². The van der Waals surface area contributed by atoms with Gasteiger partial charge in [-0.3, -0.25) is 0 Å². The third-order valence-corrected chi connectivity index (χ3v) is 4.11. The second-order valence-corrected chi connectivity index (χ2v) is 6.97. The summed E-state index contributed by atoms with van der Waals surface area (Å²) in [6.07, 6.45) is -0.640. The third kappa shape index (κ3) is 2.30. The quantitative estimate of drug-likeness (QED) is 0.831. The molecule has 1 aromatic carbocycles. The maximum Gasteiger partial charge on any atom is 0.336 e. The van der Waals surface area contributed by atoms with E-state index >= 15 is 0 Å². The van der Waals surface area contributed by atoms with Gasteiger partial charge in [-0.15, -0.1) is 0 Å². The summed E-state index contributed by atoms with van der Waals surface area (Å²) in [5.41, 5.74) is -1.73. The van der Waals surface area contributed by atoms with Gasteiger partial charge in [-0.25, -0.2) is 4.79 Å². The second-order valence-electron chi connectivity index (χ2n) is 6.97. The van der Waals surface area contributed by atoms with Crippen LogP contribution in [0, 0.1) is 0 Å². The Hall–Kier alpha value is -1.85. The number of aliphatic hydroxyl groups is 2. The zero-order valence-corrected chi connectivity index (χ0v) is 13.1. The fourth-order valence-electron chi connectivity index (χ4n) is 3.17. The second kappa shape index (κ2) is 4.57. The van der Waals surface area contributed by atoms with Crippen LogP contribution in [0.25, 0.3) is 11.0 Å². The molecule has 0 saturated carbocycles. The predicted molar refractivity (Wildman–Crippen MR) is 82.2 cm³/mol. The summed E-state index contributed by atoms with van der Waals surface area (Å²) in [6.45, 7) is 6.60. The first kappa shape index (κ1) is 15.1. The molecule has 0 radical (unpaired) electrons. The summed E-state index contributed by atoms with van der Waals surface area (Å²) in [4.78, 5) is 11.6. The molecule has 2 atom stereocenters. The maximum absolute atomic E-state index is 11.6. The highest BCUT2D eigenvalue weighted by Gasteiger charge is 2.50. The normalized spacial score (nSPS) is 21.7. The van der Waals surface area contributed by atoms with E-state index in [1.807, 2.05) is 0 Å². The van der Waals surface area contributed by atoms with Crippen molar-refractivity contribution < 1.29 is 19.4 Å². The molecule has 1 aliphatic heterocycles. The fourth-order valence-corrected chi connectivity index (χ4v) is 3.17. The van der Waals surface area contributed by atoms with Crippen LogP contribution < -0.4 is 10.4 Å². The smallest absolute Gasteiger partial charge is 0.336 e. The summed E-state index contributed by atoms with van der Waals surface area (Å²) in [7, 11) is 0. The summed E-state index contributed by atoms with van der Waals surface area (Å²) < 4.78 is 11.2. The van der Waals surface area contributed by atoms with E-state index in [0.29, 0.717) is 16.9 Å². The Balaban J connectivity index is 2.32. The summed E-state index contributed by atoms with van der Waals surface area (Å²) in [5, 5.41) is 21.8. The van der Waals surface area contributed by atoms with E-state index in [2.05, 4.69) is 0 Å². The van der Waals surface area contributed by atoms with Crippen molar-refractivity contribution in [1.29, 1.82) is 0 Å². The van der Waals surface area contributed by atoms with Crippen LogP contribution in [0.15, 0.2) is 33.5 Å². The van der Waals surface area contributed by atoms with E-state index < -0.39 is 28.8 Å². The van der Waals surface area contributed by atoms with Gasteiger partial charge in [0, 0.05) is 17.0 Å². The fraction of sp³-hybridized carbons (Fsp3) is 0.471. The molecule has 0 aliphatic carbocycles. The van der Waals surface area contributed by atoms with Gasteiger partial charge in [0.15, 0.2) is 0 Å². The molecule has 1 aromatic heterocycles. The molecular formula is C17H20O5. The van der Waals surface area contributed by atoms with Crippen molar-refractivity contribution in [1.82, 2.24) is 0 Å². The van der Waals surface area contributed by atoms with Crippen LogP contribution in [0.5, 0.6) is 5.75 Å². The molecule has 0 spiro atoms. The molecule has 0 bridgehead atoms. The van der Waals surface area contributed by atoms with Crippen molar-refractivity contribution in [3.63, 3.8) is 0 Å². The highest BCUT2D eigenvalue weighted by Crippen LogP contribution is 2.49. The molecule has 2 N–H and O–H groups in total. The summed E-state index contributed by atoms with van der Waals surface area (Å²) in [6, 6.07) is 6.62. The number of rotatable bonds is 2. The first-order chi connectivity index (χ1) is 10.1. The minimum Gasteiger partial charge on any atom is -0.486 e. The van der Waals surface area contributed by atoms with Crippen LogP contribution in [0.1, 0.15) is 39.2 Å². The standard InChI is InChI=1S/C17H20O5/c1-16(2,19)13-12-10(21-15(13)17(3,4)20)7-5-9-6-8-11(18)22-14(9)12/h5-8,13,15,19-20H,1-4H3/t13-,15+/m1/s1. The number of fused-ring (bicyclic) bond motifs is 3. The van der Waals surface area contributed by atoms with E-state index in [0.717, 1.165) is 5.39 Å². The van der Waals surface area contributed by atoms with E-state index in [4.69, 9.17) is 9.15 Å². The lowest BCUT2D eigenvalue weighted by atomic mass is 9.76. The molecule has 0 unspecified atom stereocenters. The average Bonchev–Trinajstić information content (AvgIpc) is 2.78. The molecule has 0 fully saturated rings. The largest absolute Gasteiger partial charge is 0.486 e. The van der Waals surface area contributed by atoms with E-state index in [1.165, 1.54) is 6.07 Å². The van der Waals surface area contributed by atoms with Crippen molar-refractivity contribution in [3.8, 4) is 5.75 Å². The Morgan fingerprint density at radius 2 is 1.64 bits per heavy atom. The highest BCUT2D eigenvalue weighted by molar-refractivity contribution is 5.83. The van der Waals surface area contributed by atoms with E-state index in [9.17, 15) is 15.0 Å². The molecule has 1 aliphatic rings. The molecule has 5 nitrogen and oxygen atoms in total. The van der Waals surface area contributed by atoms with Crippen LogP contribution in [0.3, 0.4) is 0 Å². The molecule has 5 heteroatoms. The molecule has 2 heterocycles. The number of hydrogen-bond donors (Lipinski definition) is 2. The number of hydrogen-bond acceptors (Lipinski definition) is 5. The summed E-state index contributed by atoms with van der Waals surface area (Å²) in [5.74, 6) is 0.0119. The molecule has 0 saturated heterocycles. The van der Waals surface area contributed by atoms with Crippen LogP contribution in [0.2, 0.25) is 0 Å². The Morgan fingerprint density at radius 3 is 2.23 bits per heavy atom. The topological polar surface area (TPSA) is 79.9 Å². The van der Waals surface area contributed by atoms with Gasteiger partial charge in [-0.2, -0.15) is 0 Å². The average molecular weight is 304 g/mol. The van der Waals surface area contributed by atoms with E-state index in [-0.39, 0.29) is 0 Å². The molecule has 0 amide bonds. The van der Waals surface area contributed by atoms with Gasteiger partial charge in [0.2, 0.25) is 0 Å². The minimum absolute atomic E-state index is 0.406. The lowest BCUT2D eigenvalue weighted by Gasteiger charge is -2.36. The van der Waals surface area contributed by atoms with Gasteiger partial charge < -0.3 is 19.4 Å². The minimum atomic E-state index is -1.16. The number of ether oxygens (including phenoxy) is 1. The monoisotopic (exact) mass is 304 g/mol. The molecule has 22 heavy (non-hydrogen) atoms. The van der Waals surface area contributed by atoms with Crippen molar-refractivity contribution in [2.24, 2.45) is 0 Å². The van der Waals surface area contributed by atoms with Crippen LogP contribution >= 0.6 is 0 Å². The lowest BCUT2D eigenvalue weighted by molar-refractivity contribution is -0.0743. The SMILES string of the molecule is CC(C)(O)[C@@H]1c2c(ccc3ccc(=O)oc23)O[C@@H]1C(C)(C)O. The van der Waals surface area contributed by atoms with Crippen LogP contribution in [-0.2, 0) is 0 Å². The molecule has 3 rings (SSSR count). The van der Waals surface area contributed by atoms with Gasteiger partial charge in [0.05, 0.1) is 17.1 Å². The Morgan fingerprint density at radius 1 is 1.00 bits per heavy atom. The van der Waals surface area contributed by atoms with Gasteiger partial charge in [-0.05, 0) is 45.9 Å². The van der Waals surface area contributed by atoms with Crippen molar-refractivity contribution >= 4 is 11.0 Å². The lowest BCUT2D eigenvalue weighted by Crippen LogP contribution is -2.48.